The van der Waals surface area contributed by atoms with E-state index in [9.17, 15) is 27.9 Å². The fourth-order valence-electron chi connectivity index (χ4n) is 3.96. The Kier molecular flexibility index (Phi) is 6.21. The van der Waals surface area contributed by atoms with Gasteiger partial charge in [0.1, 0.15) is 6.04 Å². The number of likely N-dealkylation sites (tertiary alicyclic amines) is 1. The molecule has 30 heavy (non-hydrogen) atoms. The zero-order valence-corrected chi connectivity index (χ0v) is 19.9. The predicted molar refractivity (Wildman–Crippen MR) is 95.5 cm³/mol. The predicted octanol–water partition coefficient (Wildman–Crippen LogP) is -4.87. The molecule has 1 aromatic rings. The Bertz CT molecular complexity index is 1060. The molecule has 0 aromatic carbocycles. The summed E-state index contributed by atoms with van der Waals surface area (Å²) in [4.78, 5) is 39.5. The smallest absolute Gasteiger partial charge is 1.00 e. The number of carboxylic acid groups (broad SMARTS) is 1. The van der Waals surface area contributed by atoms with Gasteiger partial charge in [0.2, 0.25) is 11.1 Å². The van der Waals surface area contributed by atoms with Crippen LogP contribution in [-0.4, -0.2) is 92.0 Å². The van der Waals surface area contributed by atoms with Crippen molar-refractivity contribution in [1.82, 2.24) is 30.0 Å². The van der Waals surface area contributed by atoms with Crippen molar-refractivity contribution in [1.29, 1.82) is 0 Å². The number of amides is 2. The summed E-state index contributed by atoms with van der Waals surface area (Å²) in [6.07, 6.45) is 0.805. The maximum atomic E-state index is 12.7. The summed E-state index contributed by atoms with van der Waals surface area (Å²) in [5.41, 5.74) is -0.480. The molecule has 0 bridgehead atoms. The Morgan fingerprint density at radius 3 is 2.67 bits per heavy atom. The molecule has 2 saturated heterocycles. The second-order valence-electron chi connectivity index (χ2n) is 6.89. The SMILES string of the molecule is Cn1nnnc1SCC(=O)N1C[C@H]2CC(OS(C)(=O)=O)=C(C(=O)O)N3C(=O)[C@@H]1[C@@H]23.[H-].[Na+]. The maximum absolute atomic E-state index is 12.7. The third-order valence-electron chi connectivity index (χ3n) is 5.00. The molecule has 158 valence electrons. The monoisotopic (exact) mass is 468 g/mol. The van der Waals surface area contributed by atoms with Crippen LogP contribution in [0.25, 0.3) is 0 Å². The van der Waals surface area contributed by atoms with Crippen molar-refractivity contribution in [3.05, 3.63) is 11.5 Å². The molecule has 13 nitrogen and oxygen atoms in total. The summed E-state index contributed by atoms with van der Waals surface area (Å²) in [6.45, 7) is 0.192. The fourth-order valence-corrected chi connectivity index (χ4v) is 5.21. The second-order valence-corrected chi connectivity index (χ2v) is 9.41. The number of hydrogen-bond donors (Lipinski definition) is 1. The van der Waals surface area contributed by atoms with E-state index in [1.807, 2.05) is 0 Å². The molecule has 3 atom stereocenters. The Balaban J connectivity index is 0.00000171. The molecule has 3 aliphatic heterocycles. The van der Waals surface area contributed by atoms with E-state index >= 15 is 0 Å². The van der Waals surface area contributed by atoms with Gasteiger partial charge in [0.25, 0.3) is 5.91 Å². The number of nitrogens with zero attached hydrogens (tertiary/aromatic N) is 6. The molecule has 2 fully saturated rings. The van der Waals surface area contributed by atoms with Crippen LogP contribution in [0.4, 0.5) is 0 Å². The van der Waals surface area contributed by atoms with Crippen LogP contribution < -0.4 is 29.6 Å². The molecule has 0 unspecified atom stereocenters. The first-order valence-electron chi connectivity index (χ1n) is 8.42. The van der Waals surface area contributed by atoms with E-state index in [1.54, 1.807) is 7.05 Å². The average Bonchev–Trinajstić information content (AvgIpc) is 3.18. The maximum Gasteiger partial charge on any atom is 1.00 e. The number of hydrogen-bond acceptors (Lipinski definition) is 10. The van der Waals surface area contributed by atoms with E-state index in [0.29, 0.717) is 5.16 Å². The number of rotatable bonds is 6. The van der Waals surface area contributed by atoms with Gasteiger partial charge in [-0.15, -0.1) is 5.10 Å². The molecule has 0 radical (unpaired) electrons. The Morgan fingerprint density at radius 2 is 2.10 bits per heavy atom. The normalized spacial score (nSPS) is 24.9. The molecule has 0 saturated carbocycles. The van der Waals surface area contributed by atoms with Gasteiger partial charge in [-0.2, -0.15) is 8.42 Å². The van der Waals surface area contributed by atoms with Gasteiger partial charge in [0, 0.05) is 25.9 Å². The van der Waals surface area contributed by atoms with Crippen LogP contribution in [0.5, 0.6) is 0 Å². The molecule has 3 aliphatic rings. The third kappa shape index (κ3) is 3.84. The minimum Gasteiger partial charge on any atom is -1.00 e. The van der Waals surface area contributed by atoms with Gasteiger partial charge < -0.3 is 15.6 Å². The molecule has 4 rings (SSSR count). The van der Waals surface area contributed by atoms with Crippen LogP contribution in [0.15, 0.2) is 16.6 Å². The number of tetrazole rings is 1. The topological polar surface area (TPSA) is 165 Å². The van der Waals surface area contributed by atoms with Crippen molar-refractivity contribution in [3.63, 3.8) is 0 Å². The second kappa shape index (κ2) is 8.11. The molecular weight excluding hydrogens is 451 g/mol. The van der Waals surface area contributed by atoms with Gasteiger partial charge in [-0.05, 0) is 10.4 Å². The molecule has 16 heteroatoms. The van der Waals surface area contributed by atoms with Gasteiger partial charge in [-0.3, -0.25) is 14.5 Å². The van der Waals surface area contributed by atoms with E-state index in [2.05, 4.69) is 15.5 Å². The van der Waals surface area contributed by atoms with E-state index < -0.39 is 39.8 Å². The van der Waals surface area contributed by atoms with Crippen molar-refractivity contribution in [3.8, 4) is 0 Å². The quantitative estimate of drug-likeness (QED) is 0.184. The van der Waals surface area contributed by atoms with E-state index in [4.69, 9.17) is 4.18 Å². The van der Waals surface area contributed by atoms with E-state index in [-0.39, 0.29) is 67.3 Å². The minimum absolute atomic E-state index is 0. The van der Waals surface area contributed by atoms with Crippen LogP contribution in [0.3, 0.4) is 0 Å². The number of aliphatic carboxylic acids is 1. The van der Waals surface area contributed by atoms with Gasteiger partial charge in [-0.1, -0.05) is 11.8 Å². The number of β-lactam (4-membered cyclic amide) rings is 1. The third-order valence-corrected chi connectivity index (χ3v) is 6.49. The Hall–Kier alpha value is -1.68. The summed E-state index contributed by atoms with van der Waals surface area (Å²) in [6, 6.07) is -1.27. The van der Waals surface area contributed by atoms with Crippen LogP contribution >= 0.6 is 11.8 Å². The Morgan fingerprint density at radius 1 is 1.40 bits per heavy atom. The fraction of sp³-hybridized carbons (Fsp3) is 0.571. The summed E-state index contributed by atoms with van der Waals surface area (Å²) in [5.74, 6) is -2.94. The van der Waals surface area contributed by atoms with E-state index in [0.717, 1.165) is 22.9 Å². The number of carboxylic acids is 1. The summed E-state index contributed by atoms with van der Waals surface area (Å²) in [7, 11) is -2.34. The van der Waals surface area contributed by atoms with Gasteiger partial charge in [0.15, 0.2) is 11.5 Å². The number of thioether (sulfide) groups is 1. The molecule has 0 aliphatic carbocycles. The van der Waals surface area contributed by atoms with Crippen molar-refractivity contribution in [2.45, 2.75) is 23.7 Å². The molecule has 1 aromatic heterocycles. The summed E-state index contributed by atoms with van der Waals surface area (Å²) in [5, 5.41) is 20.9. The molecule has 1 N–H and O–H groups in total. The first kappa shape index (κ1) is 23.0. The van der Waals surface area contributed by atoms with Crippen LogP contribution in [0, 0.1) is 5.92 Å². The summed E-state index contributed by atoms with van der Waals surface area (Å²) < 4.78 is 29.3. The van der Waals surface area contributed by atoms with Crippen molar-refractivity contribution in [2.75, 3.05) is 18.6 Å². The molecule has 0 spiro atoms. The summed E-state index contributed by atoms with van der Waals surface area (Å²) >= 11 is 1.12. The molecular formula is C14H17N6NaO7S2. The van der Waals surface area contributed by atoms with Gasteiger partial charge >= 0.3 is 45.6 Å². The Labute approximate surface area is 198 Å². The standard InChI is InChI=1S/C14H16N6O7S2.Na.H/c1-18-14(15-16-17-18)28-5-8(21)19-4-6-3-7(27-29(2,25)26)10(13(23)24)20-9(6)11(19)12(20)22;;/h6,9,11H,3-5H2,1-2H3,(H,23,24);;/q;+1;-1/t6-,9-,11+;;/m1../s1. The number of aryl methyl sites for hydroxylation is 1. The van der Waals surface area contributed by atoms with Crippen LogP contribution in [0.1, 0.15) is 7.85 Å². The number of aromatic nitrogens is 4. The zero-order valence-electron chi connectivity index (χ0n) is 17.2. The van der Waals surface area contributed by atoms with Crippen molar-refractivity contribution in [2.24, 2.45) is 13.0 Å². The largest absolute Gasteiger partial charge is 1.00 e. The zero-order chi connectivity index (χ0) is 21.1. The van der Waals surface area contributed by atoms with E-state index in [1.165, 1.54) is 9.58 Å². The number of allylic oxidation sites excluding steroid dienone is 1. The van der Waals surface area contributed by atoms with Crippen LogP contribution in [0.2, 0.25) is 0 Å². The van der Waals surface area contributed by atoms with Gasteiger partial charge in [-0.25, -0.2) is 9.48 Å². The first-order valence-corrected chi connectivity index (χ1v) is 11.2. The molecule has 2 amide bonds. The number of carbonyl (C=O) groups excluding carboxylic acids is 2. The minimum atomic E-state index is -3.97. The van der Waals surface area contributed by atoms with Gasteiger partial charge in [0.05, 0.1) is 18.1 Å². The number of carbonyl (C=O) groups is 3. The average molecular weight is 468 g/mol. The van der Waals surface area contributed by atoms with Crippen LogP contribution in [-0.2, 0) is 35.7 Å². The molecule has 4 heterocycles. The van der Waals surface area contributed by atoms with Crippen molar-refractivity contribution >= 4 is 39.7 Å². The first-order chi connectivity index (χ1) is 13.6. The van der Waals surface area contributed by atoms with Crippen molar-refractivity contribution < 1.29 is 63.1 Å².